The number of carbonyl (C=O) groups excluding carboxylic acids is 1. The lowest BCUT2D eigenvalue weighted by Gasteiger charge is -2.35. The first-order valence-electron chi connectivity index (χ1n) is 7.91. The zero-order chi connectivity index (χ0) is 15.1. The number of para-hydroxylation sites is 1. The Hall–Kier alpha value is -1.55. The fourth-order valence-corrected chi connectivity index (χ4v) is 2.75. The van der Waals surface area contributed by atoms with Crippen molar-refractivity contribution in [3.05, 3.63) is 29.8 Å². The standard InChI is InChI=1S/C17H26N2O2/c1-3-4-7-10-18-11-13-19(14-12-18)17(20)15-8-5-6-9-16(15)21-2/h5-6,8-9H,3-4,7,10-14H2,1-2H3. The molecule has 4 heteroatoms. The van der Waals surface area contributed by atoms with E-state index < -0.39 is 0 Å². The fourth-order valence-electron chi connectivity index (χ4n) is 2.75. The number of hydrogen-bond acceptors (Lipinski definition) is 3. The number of nitrogens with zero attached hydrogens (tertiary/aromatic N) is 2. The summed E-state index contributed by atoms with van der Waals surface area (Å²) in [5.74, 6) is 0.744. The zero-order valence-electron chi connectivity index (χ0n) is 13.2. The van der Waals surface area contributed by atoms with Crippen LogP contribution in [-0.2, 0) is 0 Å². The van der Waals surface area contributed by atoms with E-state index in [-0.39, 0.29) is 5.91 Å². The van der Waals surface area contributed by atoms with Gasteiger partial charge in [0, 0.05) is 26.2 Å². The molecule has 1 aromatic rings. The molecule has 0 saturated carbocycles. The molecule has 0 radical (unpaired) electrons. The predicted molar refractivity (Wildman–Crippen MR) is 84.9 cm³/mol. The van der Waals surface area contributed by atoms with Crippen LogP contribution in [0.2, 0.25) is 0 Å². The van der Waals surface area contributed by atoms with Gasteiger partial charge in [0.15, 0.2) is 0 Å². The molecule has 21 heavy (non-hydrogen) atoms. The van der Waals surface area contributed by atoms with E-state index in [1.807, 2.05) is 29.2 Å². The summed E-state index contributed by atoms with van der Waals surface area (Å²) in [5, 5.41) is 0. The van der Waals surface area contributed by atoms with Gasteiger partial charge in [0.1, 0.15) is 5.75 Å². The molecule has 1 aliphatic heterocycles. The van der Waals surface area contributed by atoms with Crippen LogP contribution in [-0.4, -0.2) is 55.5 Å². The summed E-state index contributed by atoms with van der Waals surface area (Å²) in [6, 6.07) is 7.46. The van der Waals surface area contributed by atoms with E-state index >= 15 is 0 Å². The van der Waals surface area contributed by atoms with Crippen LogP contribution in [0, 0.1) is 0 Å². The predicted octanol–water partition coefficient (Wildman–Crippen LogP) is 2.64. The number of methoxy groups -OCH3 is 1. The number of piperazine rings is 1. The maximum absolute atomic E-state index is 12.6. The number of ether oxygens (including phenoxy) is 1. The Balaban J connectivity index is 1.88. The van der Waals surface area contributed by atoms with Crippen LogP contribution < -0.4 is 4.74 Å². The number of benzene rings is 1. The minimum absolute atomic E-state index is 0.0839. The Morgan fingerprint density at radius 3 is 2.52 bits per heavy atom. The highest BCUT2D eigenvalue weighted by atomic mass is 16.5. The Morgan fingerprint density at radius 2 is 1.86 bits per heavy atom. The lowest BCUT2D eigenvalue weighted by molar-refractivity contribution is 0.0632. The van der Waals surface area contributed by atoms with Gasteiger partial charge in [-0.2, -0.15) is 0 Å². The van der Waals surface area contributed by atoms with Crippen LogP contribution in [0.25, 0.3) is 0 Å². The summed E-state index contributed by atoms with van der Waals surface area (Å²) in [6.45, 7) is 6.95. The van der Waals surface area contributed by atoms with Crippen molar-refractivity contribution >= 4 is 5.91 Å². The molecule has 1 fully saturated rings. The van der Waals surface area contributed by atoms with Crippen molar-refractivity contribution in [2.75, 3.05) is 39.8 Å². The molecule has 116 valence electrons. The number of amides is 1. The Kier molecular flexibility index (Phi) is 6.05. The molecule has 1 saturated heterocycles. The smallest absolute Gasteiger partial charge is 0.257 e. The van der Waals surface area contributed by atoms with Crippen molar-refractivity contribution in [3.8, 4) is 5.75 Å². The average molecular weight is 290 g/mol. The average Bonchev–Trinajstić information content (AvgIpc) is 2.55. The third kappa shape index (κ3) is 4.21. The SMILES string of the molecule is CCCCCN1CCN(C(=O)c2ccccc2OC)CC1. The minimum Gasteiger partial charge on any atom is -0.496 e. The van der Waals surface area contributed by atoms with Crippen LogP contribution >= 0.6 is 0 Å². The monoisotopic (exact) mass is 290 g/mol. The second-order valence-electron chi connectivity index (χ2n) is 5.54. The molecule has 2 rings (SSSR count). The minimum atomic E-state index is 0.0839. The van der Waals surface area contributed by atoms with Crippen molar-refractivity contribution in [2.45, 2.75) is 26.2 Å². The van der Waals surface area contributed by atoms with E-state index in [1.165, 1.54) is 19.3 Å². The quantitative estimate of drug-likeness (QED) is 0.755. The summed E-state index contributed by atoms with van der Waals surface area (Å²) in [6.07, 6.45) is 3.81. The zero-order valence-corrected chi connectivity index (χ0v) is 13.2. The molecule has 1 heterocycles. The van der Waals surface area contributed by atoms with Gasteiger partial charge in [0.25, 0.3) is 5.91 Å². The van der Waals surface area contributed by atoms with E-state index in [4.69, 9.17) is 4.74 Å². The molecule has 4 nitrogen and oxygen atoms in total. The molecule has 1 aliphatic rings. The lowest BCUT2D eigenvalue weighted by atomic mass is 10.1. The largest absolute Gasteiger partial charge is 0.496 e. The number of hydrogen-bond donors (Lipinski definition) is 0. The molecule has 0 bridgehead atoms. The van der Waals surface area contributed by atoms with Crippen molar-refractivity contribution in [2.24, 2.45) is 0 Å². The van der Waals surface area contributed by atoms with Crippen molar-refractivity contribution in [1.82, 2.24) is 9.80 Å². The molecule has 0 aromatic heterocycles. The summed E-state index contributed by atoms with van der Waals surface area (Å²) in [4.78, 5) is 17.0. The van der Waals surface area contributed by atoms with Gasteiger partial charge in [-0.05, 0) is 25.1 Å². The van der Waals surface area contributed by atoms with E-state index in [1.54, 1.807) is 7.11 Å². The van der Waals surface area contributed by atoms with E-state index in [9.17, 15) is 4.79 Å². The Bertz CT molecular complexity index is 454. The van der Waals surface area contributed by atoms with Gasteiger partial charge < -0.3 is 9.64 Å². The third-order valence-electron chi connectivity index (χ3n) is 4.07. The summed E-state index contributed by atoms with van der Waals surface area (Å²) < 4.78 is 5.29. The summed E-state index contributed by atoms with van der Waals surface area (Å²) in [5.41, 5.74) is 0.666. The molecule has 0 spiro atoms. The van der Waals surface area contributed by atoms with E-state index in [2.05, 4.69) is 11.8 Å². The van der Waals surface area contributed by atoms with Crippen LogP contribution in [0.3, 0.4) is 0 Å². The number of rotatable bonds is 6. The lowest BCUT2D eigenvalue weighted by Crippen LogP contribution is -2.48. The van der Waals surface area contributed by atoms with Crippen LogP contribution in [0.5, 0.6) is 5.75 Å². The molecule has 1 amide bonds. The van der Waals surface area contributed by atoms with Gasteiger partial charge in [0.05, 0.1) is 12.7 Å². The topological polar surface area (TPSA) is 32.8 Å². The van der Waals surface area contributed by atoms with Gasteiger partial charge in [-0.1, -0.05) is 31.9 Å². The van der Waals surface area contributed by atoms with Gasteiger partial charge in [0.2, 0.25) is 0 Å². The van der Waals surface area contributed by atoms with Crippen LogP contribution in [0.1, 0.15) is 36.5 Å². The molecule has 0 aliphatic carbocycles. The first-order valence-corrected chi connectivity index (χ1v) is 7.91. The fraction of sp³-hybridized carbons (Fsp3) is 0.588. The maximum atomic E-state index is 12.6. The second-order valence-corrected chi connectivity index (χ2v) is 5.54. The molecule has 0 atom stereocenters. The first kappa shape index (κ1) is 15.8. The van der Waals surface area contributed by atoms with Crippen molar-refractivity contribution < 1.29 is 9.53 Å². The van der Waals surface area contributed by atoms with E-state index in [0.29, 0.717) is 11.3 Å². The van der Waals surface area contributed by atoms with Gasteiger partial charge in [-0.3, -0.25) is 9.69 Å². The first-order chi connectivity index (χ1) is 10.3. The van der Waals surface area contributed by atoms with Crippen LogP contribution in [0.15, 0.2) is 24.3 Å². The van der Waals surface area contributed by atoms with Crippen molar-refractivity contribution in [3.63, 3.8) is 0 Å². The highest BCUT2D eigenvalue weighted by molar-refractivity contribution is 5.97. The molecular formula is C17H26N2O2. The van der Waals surface area contributed by atoms with Crippen molar-refractivity contribution in [1.29, 1.82) is 0 Å². The Morgan fingerprint density at radius 1 is 1.14 bits per heavy atom. The maximum Gasteiger partial charge on any atom is 0.257 e. The molecular weight excluding hydrogens is 264 g/mol. The number of unbranched alkanes of at least 4 members (excludes halogenated alkanes) is 2. The molecule has 0 unspecified atom stereocenters. The van der Waals surface area contributed by atoms with Crippen LogP contribution in [0.4, 0.5) is 0 Å². The number of carbonyl (C=O) groups is 1. The highest BCUT2D eigenvalue weighted by Gasteiger charge is 2.23. The third-order valence-corrected chi connectivity index (χ3v) is 4.07. The van der Waals surface area contributed by atoms with Gasteiger partial charge in [-0.25, -0.2) is 0 Å². The summed E-state index contributed by atoms with van der Waals surface area (Å²) >= 11 is 0. The highest BCUT2D eigenvalue weighted by Crippen LogP contribution is 2.20. The molecule has 1 aromatic carbocycles. The molecule has 0 N–H and O–H groups in total. The second kappa shape index (κ2) is 8.03. The Labute approximate surface area is 127 Å². The summed E-state index contributed by atoms with van der Waals surface area (Å²) in [7, 11) is 1.61. The van der Waals surface area contributed by atoms with E-state index in [0.717, 1.165) is 32.7 Å². The normalized spacial score (nSPS) is 16.0. The van der Waals surface area contributed by atoms with Gasteiger partial charge in [-0.15, -0.1) is 0 Å². The van der Waals surface area contributed by atoms with Gasteiger partial charge >= 0.3 is 0 Å².